The van der Waals surface area contributed by atoms with Crippen molar-refractivity contribution < 1.29 is 23.4 Å². The maximum absolute atomic E-state index is 12.6. The highest BCUT2D eigenvalue weighted by Gasteiger charge is 2.25. The monoisotopic (exact) mass is 374 g/mol. The third-order valence-electron chi connectivity index (χ3n) is 4.93. The van der Waals surface area contributed by atoms with Crippen molar-refractivity contribution in [1.29, 1.82) is 0 Å². The molecule has 0 atom stereocenters. The van der Waals surface area contributed by atoms with Crippen LogP contribution in [0, 0.1) is 6.92 Å². The molecule has 0 saturated carbocycles. The third kappa shape index (κ3) is 3.88. The molecule has 2 heterocycles. The first-order valence-electron chi connectivity index (χ1n) is 8.92. The standard InChI is InChI=1S/C20H26N2O5/c1-14-16(7-12-27-14)20(23)22-10-8-21(9-11-22)13-15-5-6-17(24-2)19(26-4)18(15)25-3/h5-7,12H,8-11,13H2,1-4H3. The molecule has 0 N–H and O–H groups in total. The zero-order valence-electron chi connectivity index (χ0n) is 16.3. The summed E-state index contributed by atoms with van der Waals surface area (Å²) in [5.74, 6) is 2.62. The smallest absolute Gasteiger partial charge is 0.257 e. The van der Waals surface area contributed by atoms with E-state index in [1.165, 1.54) is 0 Å². The summed E-state index contributed by atoms with van der Waals surface area (Å²) in [6, 6.07) is 5.61. The van der Waals surface area contributed by atoms with Gasteiger partial charge in [-0.3, -0.25) is 9.69 Å². The molecular weight excluding hydrogens is 348 g/mol. The third-order valence-corrected chi connectivity index (χ3v) is 4.93. The summed E-state index contributed by atoms with van der Waals surface area (Å²) in [5.41, 5.74) is 1.67. The van der Waals surface area contributed by atoms with Crippen molar-refractivity contribution in [3.05, 3.63) is 41.3 Å². The average Bonchev–Trinajstić information content (AvgIpc) is 3.13. The number of rotatable bonds is 6. The zero-order valence-corrected chi connectivity index (χ0v) is 16.3. The van der Waals surface area contributed by atoms with Gasteiger partial charge in [-0.2, -0.15) is 0 Å². The second kappa shape index (κ2) is 8.35. The molecule has 2 aromatic rings. The number of carbonyl (C=O) groups is 1. The van der Waals surface area contributed by atoms with Crippen LogP contribution in [0.2, 0.25) is 0 Å². The summed E-state index contributed by atoms with van der Waals surface area (Å²) in [7, 11) is 4.84. The predicted molar refractivity (Wildman–Crippen MR) is 101 cm³/mol. The Kier molecular flexibility index (Phi) is 5.91. The molecule has 0 spiro atoms. The van der Waals surface area contributed by atoms with Crippen molar-refractivity contribution in [2.24, 2.45) is 0 Å². The van der Waals surface area contributed by atoms with Gasteiger partial charge in [0.2, 0.25) is 5.75 Å². The maximum Gasteiger partial charge on any atom is 0.257 e. The van der Waals surface area contributed by atoms with Crippen LogP contribution in [0.25, 0.3) is 0 Å². The minimum Gasteiger partial charge on any atom is -0.493 e. The number of piperazine rings is 1. The molecule has 0 aliphatic carbocycles. The lowest BCUT2D eigenvalue weighted by Crippen LogP contribution is -2.48. The largest absolute Gasteiger partial charge is 0.493 e. The van der Waals surface area contributed by atoms with E-state index in [4.69, 9.17) is 18.6 Å². The molecule has 146 valence electrons. The van der Waals surface area contributed by atoms with E-state index in [0.717, 1.165) is 25.2 Å². The lowest BCUT2D eigenvalue weighted by molar-refractivity contribution is 0.0625. The number of carbonyl (C=O) groups excluding carboxylic acids is 1. The molecule has 3 rings (SSSR count). The van der Waals surface area contributed by atoms with E-state index in [1.807, 2.05) is 24.0 Å². The Morgan fingerprint density at radius 3 is 2.26 bits per heavy atom. The highest BCUT2D eigenvalue weighted by Crippen LogP contribution is 2.40. The Bertz CT molecular complexity index is 794. The summed E-state index contributed by atoms with van der Waals surface area (Å²) in [6.07, 6.45) is 1.56. The van der Waals surface area contributed by atoms with Crippen molar-refractivity contribution in [1.82, 2.24) is 9.80 Å². The topological polar surface area (TPSA) is 64.4 Å². The minimum atomic E-state index is 0.0320. The number of hydrogen-bond acceptors (Lipinski definition) is 6. The number of hydrogen-bond donors (Lipinski definition) is 0. The number of amides is 1. The second-order valence-corrected chi connectivity index (χ2v) is 6.45. The number of furan rings is 1. The fraction of sp³-hybridized carbons (Fsp3) is 0.450. The molecule has 7 nitrogen and oxygen atoms in total. The quantitative estimate of drug-likeness (QED) is 0.774. The van der Waals surface area contributed by atoms with Gasteiger partial charge in [0.25, 0.3) is 5.91 Å². The van der Waals surface area contributed by atoms with Gasteiger partial charge in [0.05, 0.1) is 33.2 Å². The molecule has 0 radical (unpaired) electrons. The van der Waals surface area contributed by atoms with Crippen LogP contribution >= 0.6 is 0 Å². The summed E-state index contributed by atoms with van der Waals surface area (Å²) in [4.78, 5) is 16.8. The van der Waals surface area contributed by atoms with E-state index in [9.17, 15) is 4.79 Å². The molecule has 1 amide bonds. The van der Waals surface area contributed by atoms with Crippen molar-refractivity contribution in [3.8, 4) is 17.2 Å². The van der Waals surface area contributed by atoms with Gasteiger partial charge in [0, 0.05) is 38.3 Å². The fourth-order valence-electron chi connectivity index (χ4n) is 3.41. The van der Waals surface area contributed by atoms with Gasteiger partial charge in [-0.15, -0.1) is 0 Å². The van der Waals surface area contributed by atoms with Crippen LogP contribution < -0.4 is 14.2 Å². The van der Waals surface area contributed by atoms with Crippen molar-refractivity contribution in [3.63, 3.8) is 0 Å². The Labute approximate surface area is 159 Å². The summed E-state index contributed by atoms with van der Waals surface area (Å²) >= 11 is 0. The fourth-order valence-corrected chi connectivity index (χ4v) is 3.41. The van der Waals surface area contributed by atoms with Crippen LogP contribution in [-0.4, -0.2) is 63.2 Å². The predicted octanol–water partition coefficient (Wildman–Crippen LogP) is 2.57. The van der Waals surface area contributed by atoms with Crippen LogP contribution in [0.5, 0.6) is 17.2 Å². The van der Waals surface area contributed by atoms with Crippen LogP contribution in [0.15, 0.2) is 28.9 Å². The van der Waals surface area contributed by atoms with Crippen molar-refractivity contribution in [2.75, 3.05) is 47.5 Å². The number of aryl methyl sites for hydroxylation is 1. The van der Waals surface area contributed by atoms with E-state index in [-0.39, 0.29) is 5.91 Å². The van der Waals surface area contributed by atoms with Crippen LogP contribution in [0.1, 0.15) is 21.7 Å². The Morgan fingerprint density at radius 1 is 1.00 bits per heavy atom. The van der Waals surface area contributed by atoms with E-state index < -0.39 is 0 Å². The molecule has 0 bridgehead atoms. The molecule has 1 aromatic heterocycles. The first-order valence-corrected chi connectivity index (χ1v) is 8.92. The van der Waals surface area contributed by atoms with Gasteiger partial charge in [0.15, 0.2) is 11.5 Å². The molecule has 1 aromatic carbocycles. The van der Waals surface area contributed by atoms with E-state index in [0.29, 0.717) is 41.7 Å². The van der Waals surface area contributed by atoms with Gasteiger partial charge >= 0.3 is 0 Å². The van der Waals surface area contributed by atoms with Crippen molar-refractivity contribution in [2.45, 2.75) is 13.5 Å². The van der Waals surface area contributed by atoms with Crippen LogP contribution in [0.4, 0.5) is 0 Å². The minimum absolute atomic E-state index is 0.0320. The molecule has 1 saturated heterocycles. The molecule has 1 aliphatic heterocycles. The maximum atomic E-state index is 12.6. The second-order valence-electron chi connectivity index (χ2n) is 6.45. The molecule has 0 unspecified atom stereocenters. The summed E-state index contributed by atoms with van der Waals surface area (Å²) < 4.78 is 21.6. The number of methoxy groups -OCH3 is 3. The molecule has 7 heteroatoms. The van der Waals surface area contributed by atoms with Gasteiger partial charge < -0.3 is 23.5 Å². The SMILES string of the molecule is COc1ccc(CN2CCN(C(=O)c3ccoc3C)CC2)c(OC)c1OC. The summed E-state index contributed by atoms with van der Waals surface area (Å²) in [5, 5.41) is 0. The Hall–Kier alpha value is -2.67. The zero-order chi connectivity index (χ0) is 19.4. The highest BCUT2D eigenvalue weighted by atomic mass is 16.5. The number of nitrogens with zero attached hydrogens (tertiary/aromatic N) is 2. The molecule has 1 fully saturated rings. The molecule has 1 aliphatic rings. The Balaban J connectivity index is 1.66. The average molecular weight is 374 g/mol. The van der Waals surface area contributed by atoms with Gasteiger partial charge in [-0.1, -0.05) is 6.07 Å². The molecule has 27 heavy (non-hydrogen) atoms. The number of ether oxygens (including phenoxy) is 3. The van der Waals surface area contributed by atoms with E-state index in [1.54, 1.807) is 33.7 Å². The van der Waals surface area contributed by atoms with Crippen molar-refractivity contribution >= 4 is 5.91 Å². The van der Waals surface area contributed by atoms with E-state index >= 15 is 0 Å². The van der Waals surface area contributed by atoms with E-state index in [2.05, 4.69) is 4.90 Å². The van der Waals surface area contributed by atoms with Gasteiger partial charge in [-0.25, -0.2) is 0 Å². The normalized spacial score (nSPS) is 14.9. The van der Waals surface area contributed by atoms with Crippen LogP contribution in [-0.2, 0) is 6.54 Å². The molecular formula is C20H26N2O5. The first kappa shape index (κ1) is 19.1. The van der Waals surface area contributed by atoms with Crippen LogP contribution in [0.3, 0.4) is 0 Å². The van der Waals surface area contributed by atoms with Gasteiger partial charge in [0.1, 0.15) is 5.76 Å². The van der Waals surface area contributed by atoms with Gasteiger partial charge in [-0.05, 0) is 19.1 Å². The first-order chi connectivity index (χ1) is 13.1. The lowest BCUT2D eigenvalue weighted by atomic mass is 10.1. The number of benzene rings is 1. The highest BCUT2D eigenvalue weighted by molar-refractivity contribution is 5.95. The lowest BCUT2D eigenvalue weighted by Gasteiger charge is -2.35. The Morgan fingerprint density at radius 2 is 1.70 bits per heavy atom. The summed E-state index contributed by atoms with van der Waals surface area (Å²) in [6.45, 7) is 5.47.